The number of amides is 3. The highest BCUT2D eigenvalue weighted by Crippen LogP contribution is 2.34. The average molecular weight is 551 g/mol. The second-order valence-corrected chi connectivity index (χ2v) is 9.97. The molecular weight excluding hydrogens is 523 g/mol. The van der Waals surface area contributed by atoms with Gasteiger partial charge >= 0.3 is 6.03 Å². The van der Waals surface area contributed by atoms with E-state index in [0.717, 1.165) is 11.3 Å². The Morgan fingerprint density at radius 1 is 0.947 bits per heavy atom. The lowest BCUT2D eigenvalue weighted by atomic mass is 9.84. The zero-order valence-corrected chi connectivity index (χ0v) is 22.2. The number of nitrogens with zero attached hydrogens (tertiary/aromatic N) is 3. The standard InChI is InChI=1S/C28H28Cl2N6O2/c29-24-15-12-22(16-25(24)30)33-28(38)36(23-13-10-20(11-14-23)19-4-2-1-3-5-19)17-18-6-8-21(9-7-18)26(37)34-27(31)35-32/h6-16,19,32H,1-5,17H2,(H,33,38)(H2,31,34,37). The number of hydrogen-bond donors (Lipinski definition) is 3. The van der Waals surface area contributed by atoms with Gasteiger partial charge in [0.05, 0.1) is 16.6 Å². The van der Waals surface area contributed by atoms with E-state index < -0.39 is 11.9 Å². The van der Waals surface area contributed by atoms with Crippen LogP contribution in [-0.2, 0) is 6.54 Å². The average Bonchev–Trinajstić information content (AvgIpc) is 2.94. The molecule has 0 saturated heterocycles. The zero-order valence-electron chi connectivity index (χ0n) is 20.7. The highest BCUT2D eigenvalue weighted by Gasteiger charge is 2.20. The molecule has 1 aliphatic carbocycles. The molecule has 1 fully saturated rings. The fourth-order valence-electron chi connectivity index (χ4n) is 4.54. The number of nitrogens with two attached hydrogens (primary N) is 1. The van der Waals surface area contributed by atoms with Crippen LogP contribution in [0.1, 0.15) is 59.5 Å². The summed E-state index contributed by atoms with van der Waals surface area (Å²) in [5.41, 5.74) is 15.8. The first-order valence-corrected chi connectivity index (χ1v) is 13.1. The summed E-state index contributed by atoms with van der Waals surface area (Å²) in [6, 6.07) is 19.4. The number of urea groups is 1. The molecule has 0 aromatic heterocycles. The van der Waals surface area contributed by atoms with Crippen molar-refractivity contribution in [2.24, 2.45) is 15.8 Å². The molecule has 3 aromatic rings. The first-order valence-electron chi connectivity index (χ1n) is 12.3. The number of guanidine groups is 1. The minimum atomic E-state index is -0.599. The Kier molecular flexibility index (Phi) is 9.10. The Bertz CT molecular complexity index is 1340. The molecule has 0 unspecified atom stereocenters. The molecule has 3 aromatic carbocycles. The van der Waals surface area contributed by atoms with Crippen molar-refractivity contribution in [3.8, 4) is 0 Å². The van der Waals surface area contributed by atoms with Crippen molar-refractivity contribution in [2.75, 3.05) is 10.2 Å². The van der Waals surface area contributed by atoms with E-state index in [2.05, 4.69) is 27.6 Å². The second-order valence-electron chi connectivity index (χ2n) is 9.16. The number of anilines is 2. The number of carbonyl (C=O) groups excluding carboxylic acids is 2. The Balaban J connectivity index is 1.57. The predicted molar refractivity (Wildman–Crippen MR) is 151 cm³/mol. The van der Waals surface area contributed by atoms with Gasteiger partial charge in [0.1, 0.15) is 0 Å². The van der Waals surface area contributed by atoms with Gasteiger partial charge in [-0.25, -0.2) is 10.3 Å². The van der Waals surface area contributed by atoms with Crippen molar-refractivity contribution in [1.82, 2.24) is 0 Å². The number of nitrogens with one attached hydrogen (secondary N) is 2. The van der Waals surface area contributed by atoms with Crippen molar-refractivity contribution in [1.29, 1.82) is 5.53 Å². The molecule has 0 atom stereocenters. The maximum Gasteiger partial charge on any atom is 0.326 e. The van der Waals surface area contributed by atoms with E-state index in [1.54, 1.807) is 47.4 Å². The Hall–Kier alpha value is -3.75. The van der Waals surface area contributed by atoms with Crippen LogP contribution in [0.3, 0.4) is 0 Å². The van der Waals surface area contributed by atoms with Crippen LogP contribution in [0.25, 0.3) is 0 Å². The summed E-state index contributed by atoms with van der Waals surface area (Å²) in [5.74, 6) is -0.459. The highest BCUT2D eigenvalue weighted by atomic mass is 35.5. The molecule has 0 heterocycles. The van der Waals surface area contributed by atoms with Crippen LogP contribution in [0, 0.1) is 5.53 Å². The lowest BCUT2D eigenvalue weighted by Crippen LogP contribution is -2.34. The Morgan fingerprint density at radius 3 is 2.26 bits per heavy atom. The van der Waals surface area contributed by atoms with E-state index in [0.29, 0.717) is 27.2 Å². The molecule has 0 radical (unpaired) electrons. The van der Waals surface area contributed by atoms with Gasteiger partial charge in [-0.05, 0) is 72.4 Å². The molecule has 1 aliphatic rings. The van der Waals surface area contributed by atoms with E-state index in [1.165, 1.54) is 37.7 Å². The summed E-state index contributed by atoms with van der Waals surface area (Å²) in [5, 5.41) is 6.57. The summed E-state index contributed by atoms with van der Waals surface area (Å²) in [7, 11) is 0. The molecule has 4 rings (SSSR count). The van der Waals surface area contributed by atoms with Gasteiger partial charge < -0.3 is 11.1 Å². The first-order chi connectivity index (χ1) is 18.3. The van der Waals surface area contributed by atoms with Gasteiger partial charge in [-0.2, -0.15) is 4.99 Å². The van der Waals surface area contributed by atoms with Crippen molar-refractivity contribution < 1.29 is 9.59 Å². The minimum Gasteiger partial charge on any atom is -0.366 e. The molecule has 0 spiro atoms. The number of carbonyl (C=O) groups is 2. The summed E-state index contributed by atoms with van der Waals surface area (Å²) >= 11 is 12.2. The van der Waals surface area contributed by atoms with E-state index in [4.69, 9.17) is 34.5 Å². The van der Waals surface area contributed by atoms with E-state index >= 15 is 0 Å². The maximum absolute atomic E-state index is 13.5. The number of aliphatic imine (C=N–C) groups is 1. The number of halogens is 2. The summed E-state index contributed by atoms with van der Waals surface area (Å²) < 4.78 is 0. The molecule has 4 N–H and O–H groups in total. The second kappa shape index (κ2) is 12.7. The van der Waals surface area contributed by atoms with Gasteiger partial charge in [-0.15, -0.1) is 5.11 Å². The number of hydrogen-bond acceptors (Lipinski definition) is 3. The van der Waals surface area contributed by atoms with Gasteiger partial charge in [0.25, 0.3) is 5.91 Å². The highest BCUT2D eigenvalue weighted by molar-refractivity contribution is 6.42. The third kappa shape index (κ3) is 6.96. The monoisotopic (exact) mass is 550 g/mol. The molecule has 8 nitrogen and oxygen atoms in total. The van der Waals surface area contributed by atoms with Crippen LogP contribution in [0.15, 0.2) is 76.8 Å². The lowest BCUT2D eigenvalue weighted by Gasteiger charge is -2.26. The maximum atomic E-state index is 13.5. The minimum absolute atomic E-state index is 0.248. The van der Waals surface area contributed by atoms with Crippen LogP contribution in [-0.4, -0.2) is 17.9 Å². The van der Waals surface area contributed by atoms with Crippen molar-refractivity contribution in [2.45, 2.75) is 44.6 Å². The van der Waals surface area contributed by atoms with E-state index in [-0.39, 0.29) is 12.6 Å². The Morgan fingerprint density at radius 2 is 1.63 bits per heavy atom. The summed E-state index contributed by atoms with van der Waals surface area (Å²) in [6.45, 7) is 0.248. The third-order valence-corrected chi connectivity index (χ3v) is 7.31. The van der Waals surface area contributed by atoms with Crippen molar-refractivity contribution in [3.05, 3.63) is 93.5 Å². The molecule has 38 heavy (non-hydrogen) atoms. The van der Waals surface area contributed by atoms with Crippen LogP contribution >= 0.6 is 23.2 Å². The Labute approximate surface area is 231 Å². The molecule has 10 heteroatoms. The fourth-order valence-corrected chi connectivity index (χ4v) is 4.83. The largest absolute Gasteiger partial charge is 0.366 e. The molecule has 196 valence electrons. The number of rotatable bonds is 6. The SMILES string of the molecule is N=NC(N)=NC(=O)c1ccc(CN(C(=O)Nc2ccc(Cl)c(Cl)c2)c2ccc(C3CCCCC3)cc2)cc1. The lowest BCUT2D eigenvalue weighted by molar-refractivity contribution is 0.100. The predicted octanol–water partition coefficient (Wildman–Crippen LogP) is 7.77. The first kappa shape index (κ1) is 27.3. The van der Waals surface area contributed by atoms with Crippen molar-refractivity contribution in [3.63, 3.8) is 0 Å². The van der Waals surface area contributed by atoms with Gasteiger partial charge in [-0.3, -0.25) is 9.69 Å². The normalized spacial score (nSPS) is 14.1. The molecular formula is C28H28Cl2N6O2. The molecule has 0 aliphatic heterocycles. The van der Waals surface area contributed by atoms with Gasteiger partial charge in [0.2, 0.25) is 5.96 Å². The topological polar surface area (TPSA) is 124 Å². The van der Waals surface area contributed by atoms with E-state index in [1.807, 2.05) is 12.1 Å². The summed E-state index contributed by atoms with van der Waals surface area (Å²) in [4.78, 5) is 30.8. The zero-order chi connectivity index (χ0) is 27.1. The number of benzene rings is 3. The van der Waals surface area contributed by atoms with E-state index in [9.17, 15) is 9.59 Å². The molecule has 1 saturated carbocycles. The van der Waals surface area contributed by atoms with Crippen molar-refractivity contribution >= 4 is 52.5 Å². The van der Waals surface area contributed by atoms with Crippen LogP contribution in [0.2, 0.25) is 10.0 Å². The quantitative estimate of drug-likeness (QED) is 0.165. The van der Waals surface area contributed by atoms with Crippen LogP contribution < -0.4 is 16.0 Å². The molecule has 0 bridgehead atoms. The third-order valence-electron chi connectivity index (χ3n) is 6.57. The van der Waals surface area contributed by atoms with Gasteiger partial charge in [-0.1, -0.05) is 66.7 Å². The smallest absolute Gasteiger partial charge is 0.326 e. The van der Waals surface area contributed by atoms with Crippen LogP contribution in [0.5, 0.6) is 0 Å². The summed E-state index contributed by atoms with van der Waals surface area (Å²) in [6.07, 6.45) is 6.17. The van der Waals surface area contributed by atoms with Gasteiger partial charge in [0, 0.05) is 16.9 Å². The fraction of sp³-hybridized carbons (Fsp3) is 0.250. The molecule has 3 amide bonds. The van der Waals surface area contributed by atoms with Crippen LogP contribution in [0.4, 0.5) is 16.2 Å². The van der Waals surface area contributed by atoms with Gasteiger partial charge in [0.15, 0.2) is 0 Å².